The fourth-order valence-electron chi connectivity index (χ4n) is 4.47. The molecule has 1 aliphatic rings. The maximum absolute atomic E-state index is 14.0. The molecule has 0 atom stereocenters. The Bertz CT molecular complexity index is 1710. The van der Waals surface area contributed by atoms with E-state index >= 15 is 0 Å². The largest absolute Gasteiger partial charge is 0.370 e. The maximum Gasteiger partial charge on any atom is 0.268 e. The molecular weight excluding hydrogens is 530 g/mol. The molecule has 188 valence electrons. The number of rotatable bonds is 5. The second-order valence-electron chi connectivity index (χ2n) is 9.35. The fraction of sp³-hybridized carbons (Fsp3) is 0.231. The zero-order valence-electron chi connectivity index (χ0n) is 20.0. The van der Waals surface area contributed by atoms with Crippen LogP contribution in [-0.2, 0) is 22.6 Å². The van der Waals surface area contributed by atoms with E-state index in [4.69, 9.17) is 16.3 Å². The number of nitrogens with zero attached hydrogens (tertiary/aromatic N) is 4. The Morgan fingerprint density at radius 1 is 1.16 bits per heavy atom. The molecule has 37 heavy (non-hydrogen) atoms. The van der Waals surface area contributed by atoms with Crippen LogP contribution in [0.1, 0.15) is 24.3 Å². The summed E-state index contributed by atoms with van der Waals surface area (Å²) >= 11 is 8.73. The van der Waals surface area contributed by atoms with Gasteiger partial charge in [0.1, 0.15) is 4.83 Å². The van der Waals surface area contributed by atoms with Crippen molar-refractivity contribution in [1.82, 2.24) is 19.2 Å². The molecule has 0 bridgehead atoms. The summed E-state index contributed by atoms with van der Waals surface area (Å²) in [6, 6.07) is 16.4. The van der Waals surface area contributed by atoms with Crippen LogP contribution in [0.2, 0.25) is 5.02 Å². The molecule has 0 saturated heterocycles. The number of thiophene rings is 1. The highest BCUT2D eigenvalue weighted by Crippen LogP contribution is 2.39. The van der Waals surface area contributed by atoms with Crippen molar-refractivity contribution >= 4 is 62.3 Å². The van der Waals surface area contributed by atoms with Gasteiger partial charge in [-0.2, -0.15) is 0 Å². The lowest BCUT2D eigenvalue weighted by molar-refractivity contribution is -0.113. The topological polar surface area (TPSA) is 90.5 Å². The third kappa shape index (κ3) is 4.44. The third-order valence-electron chi connectivity index (χ3n) is 6.18. The molecule has 6 rings (SSSR count). The normalized spacial score (nSPS) is 14.7. The van der Waals surface area contributed by atoms with Gasteiger partial charge >= 0.3 is 0 Å². The van der Waals surface area contributed by atoms with E-state index in [0.717, 1.165) is 15.3 Å². The van der Waals surface area contributed by atoms with Crippen LogP contribution in [0.25, 0.3) is 21.7 Å². The van der Waals surface area contributed by atoms with Crippen molar-refractivity contribution in [3.63, 3.8) is 0 Å². The van der Waals surface area contributed by atoms with E-state index in [1.807, 2.05) is 48.6 Å². The van der Waals surface area contributed by atoms with E-state index in [1.54, 1.807) is 28.8 Å². The van der Waals surface area contributed by atoms with Gasteiger partial charge in [0.05, 0.1) is 29.0 Å². The summed E-state index contributed by atoms with van der Waals surface area (Å²) < 4.78 is 9.53. The first-order chi connectivity index (χ1) is 17.8. The number of nitrogens with one attached hydrogen (secondary N) is 1. The van der Waals surface area contributed by atoms with Gasteiger partial charge < -0.3 is 10.1 Å². The lowest BCUT2D eigenvalue weighted by atomic mass is 9.94. The van der Waals surface area contributed by atoms with E-state index in [-0.39, 0.29) is 22.8 Å². The summed E-state index contributed by atoms with van der Waals surface area (Å²) in [7, 11) is 0. The van der Waals surface area contributed by atoms with Crippen molar-refractivity contribution in [1.29, 1.82) is 0 Å². The number of carbonyl (C=O) groups excluding carboxylic acids is 1. The van der Waals surface area contributed by atoms with E-state index in [9.17, 15) is 9.59 Å². The molecule has 0 unspecified atom stereocenters. The summed E-state index contributed by atoms with van der Waals surface area (Å²) in [5, 5.41) is 13.4. The number of anilines is 1. The Kier molecular flexibility index (Phi) is 6.07. The van der Waals surface area contributed by atoms with Crippen molar-refractivity contribution in [3.8, 4) is 5.69 Å². The van der Waals surface area contributed by atoms with Crippen molar-refractivity contribution < 1.29 is 9.53 Å². The molecule has 0 aliphatic carbocycles. The van der Waals surface area contributed by atoms with Gasteiger partial charge in [-0.1, -0.05) is 41.6 Å². The summed E-state index contributed by atoms with van der Waals surface area (Å²) in [6.07, 6.45) is 0.631. The van der Waals surface area contributed by atoms with Crippen LogP contribution in [-0.4, -0.2) is 36.4 Å². The molecule has 1 N–H and O–H groups in total. The highest BCUT2D eigenvalue weighted by atomic mass is 35.5. The van der Waals surface area contributed by atoms with Gasteiger partial charge in [0, 0.05) is 22.0 Å². The average Bonchev–Trinajstić information content (AvgIpc) is 3.45. The average molecular weight is 552 g/mol. The Balaban J connectivity index is 1.46. The number of hydrogen-bond acceptors (Lipinski definition) is 7. The van der Waals surface area contributed by atoms with Crippen molar-refractivity contribution in [2.24, 2.45) is 0 Å². The minimum atomic E-state index is -0.371. The first-order valence-electron chi connectivity index (χ1n) is 11.6. The van der Waals surface area contributed by atoms with E-state index in [0.29, 0.717) is 45.7 Å². The Morgan fingerprint density at radius 3 is 2.68 bits per heavy atom. The molecule has 1 aliphatic heterocycles. The van der Waals surface area contributed by atoms with Crippen LogP contribution in [0.4, 0.5) is 5.69 Å². The summed E-state index contributed by atoms with van der Waals surface area (Å²) in [6.45, 7) is 4.52. The lowest BCUT2D eigenvalue weighted by Crippen LogP contribution is -2.32. The molecule has 4 heterocycles. The van der Waals surface area contributed by atoms with Gasteiger partial charge in [-0.15, -0.1) is 21.5 Å². The second-order valence-corrected chi connectivity index (χ2v) is 11.8. The van der Waals surface area contributed by atoms with Crippen LogP contribution in [0, 0.1) is 0 Å². The summed E-state index contributed by atoms with van der Waals surface area (Å²) in [4.78, 5) is 28.4. The molecule has 1 amide bonds. The van der Waals surface area contributed by atoms with Gasteiger partial charge in [0.2, 0.25) is 11.7 Å². The zero-order chi connectivity index (χ0) is 25.7. The fourth-order valence-corrected chi connectivity index (χ4v) is 6.61. The van der Waals surface area contributed by atoms with E-state index < -0.39 is 0 Å². The highest BCUT2D eigenvalue weighted by Gasteiger charge is 2.32. The molecule has 3 aromatic heterocycles. The first-order valence-corrected chi connectivity index (χ1v) is 13.8. The smallest absolute Gasteiger partial charge is 0.268 e. The van der Waals surface area contributed by atoms with E-state index in [1.165, 1.54) is 23.1 Å². The molecular formula is C26H22ClN5O3S2. The van der Waals surface area contributed by atoms with Crippen molar-refractivity contribution in [2.75, 3.05) is 11.1 Å². The van der Waals surface area contributed by atoms with Gasteiger partial charge in [-0.3, -0.25) is 9.59 Å². The maximum atomic E-state index is 14.0. The van der Waals surface area contributed by atoms with Gasteiger partial charge in [0.15, 0.2) is 5.16 Å². The number of para-hydroxylation sites is 1. The number of amides is 1. The van der Waals surface area contributed by atoms with Crippen LogP contribution >= 0.6 is 34.7 Å². The first kappa shape index (κ1) is 24.2. The minimum Gasteiger partial charge on any atom is -0.370 e. The number of carbonyl (C=O) groups is 1. The molecule has 5 aromatic rings. The minimum absolute atomic E-state index is 0.122. The Morgan fingerprint density at radius 2 is 1.92 bits per heavy atom. The van der Waals surface area contributed by atoms with Crippen LogP contribution in [0.3, 0.4) is 0 Å². The van der Waals surface area contributed by atoms with Gasteiger partial charge in [0.25, 0.3) is 5.56 Å². The predicted octanol–water partition coefficient (Wildman–Crippen LogP) is 5.33. The van der Waals surface area contributed by atoms with Gasteiger partial charge in [-0.25, -0.2) is 8.97 Å². The number of ether oxygens (including phenoxy) is 1. The van der Waals surface area contributed by atoms with Crippen molar-refractivity contribution in [2.45, 2.75) is 37.6 Å². The summed E-state index contributed by atoms with van der Waals surface area (Å²) in [5.74, 6) is 0.344. The molecule has 11 heteroatoms. The van der Waals surface area contributed by atoms with Crippen molar-refractivity contribution in [3.05, 3.63) is 80.4 Å². The second kappa shape index (κ2) is 9.29. The van der Waals surface area contributed by atoms with Gasteiger partial charge in [-0.05, 0) is 55.8 Å². The number of halogens is 1. The highest BCUT2D eigenvalue weighted by molar-refractivity contribution is 7.99. The molecule has 0 radical (unpaired) electrons. The summed E-state index contributed by atoms with van der Waals surface area (Å²) in [5.41, 5.74) is 1.88. The van der Waals surface area contributed by atoms with Crippen LogP contribution in [0.5, 0.6) is 0 Å². The molecule has 2 aromatic carbocycles. The number of benzene rings is 2. The number of hydrogen-bond donors (Lipinski definition) is 1. The standard InChI is InChI=1S/C26H22ClN5O3S2/c1-26(2)12-18-19(13-35-26)37-23-21(18)22(34)31(17-6-4-3-5-7-17)24-29-30-25(32(23)24)36-14-20(33)28-16-10-8-15(27)9-11-16/h3-11H,12-14H2,1-2H3,(H,28,33). The molecule has 0 saturated carbocycles. The monoisotopic (exact) mass is 551 g/mol. The zero-order valence-corrected chi connectivity index (χ0v) is 22.4. The third-order valence-corrected chi connectivity index (χ3v) is 8.55. The number of thioether (sulfide) groups is 1. The van der Waals surface area contributed by atoms with Crippen LogP contribution < -0.4 is 10.9 Å². The van der Waals surface area contributed by atoms with E-state index in [2.05, 4.69) is 15.5 Å². The Hall–Kier alpha value is -3.18. The predicted molar refractivity (Wildman–Crippen MR) is 147 cm³/mol. The molecule has 0 fully saturated rings. The molecule has 0 spiro atoms. The Labute approximate surface area is 225 Å². The number of fused-ring (bicyclic) bond motifs is 5. The van der Waals surface area contributed by atoms with Crippen LogP contribution in [0.15, 0.2) is 64.5 Å². The lowest BCUT2D eigenvalue weighted by Gasteiger charge is -2.29. The number of aromatic nitrogens is 4. The SMILES string of the molecule is CC1(C)Cc2c(sc3c2c(=O)n(-c2ccccc2)c2nnc(SCC(=O)Nc4ccc(Cl)cc4)n32)CO1. The quantitative estimate of drug-likeness (QED) is 0.297. The molecule has 8 nitrogen and oxygen atoms in total.